The van der Waals surface area contributed by atoms with Crippen LogP contribution in [0.3, 0.4) is 0 Å². The average molecular weight is 459 g/mol. The largest absolute Gasteiger partial charge is 0.489 e. The number of rotatable bonds is 7. The number of piperidine rings is 1. The summed E-state index contributed by atoms with van der Waals surface area (Å²) in [5.41, 5.74) is 0.509. The number of amides is 2. The van der Waals surface area contributed by atoms with Crippen LogP contribution in [0, 0.1) is 5.82 Å². The number of carbonyl (C=O) groups excluding carboxylic acids is 2. The van der Waals surface area contributed by atoms with Gasteiger partial charge in [-0.1, -0.05) is 35.9 Å². The second-order valence-corrected chi connectivity index (χ2v) is 9.17. The summed E-state index contributed by atoms with van der Waals surface area (Å²) in [5, 5.41) is 3.69. The van der Waals surface area contributed by atoms with Gasteiger partial charge in [-0.05, 0) is 49.1 Å². The molecule has 1 atom stereocenters. The number of nitrogens with zero attached hydrogens (tertiary/aromatic N) is 1. The van der Waals surface area contributed by atoms with Crippen LogP contribution >= 0.6 is 11.6 Å². The maximum Gasteiger partial charge on any atom is 0.222 e. The molecular weight excluding hydrogens is 431 g/mol. The van der Waals surface area contributed by atoms with Gasteiger partial charge in [0.2, 0.25) is 11.8 Å². The number of benzene rings is 2. The first-order chi connectivity index (χ1) is 15.4. The maximum atomic E-state index is 13.3. The molecule has 4 rings (SSSR count). The van der Waals surface area contributed by atoms with Gasteiger partial charge < -0.3 is 15.0 Å². The second-order valence-electron chi connectivity index (χ2n) is 8.76. The average Bonchev–Trinajstić information content (AvgIpc) is 3.16. The number of hydrogen-bond acceptors (Lipinski definition) is 3. The molecule has 2 aromatic carbocycles. The van der Waals surface area contributed by atoms with Crippen molar-refractivity contribution in [2.75, 3.05) is 13.1 Å². The van der Waals surface area contributed by atoms with Crippen molar-refractivity contribution in [3.05, 3.63) is 64.9 Å². The Morgan fingerprint density at radius 3 is 2.53 bits per heavy atom. The highest BCUT2D eigenvalue weighted by Gasteiger charge is 2.38. The molecule has 7 heteroatoms. The van der Waals surface area contributed by atoms with Gasteiger partial charge >= 0.3 is 0 Å². The molecule has 0 aliphatic carbocycles. The molecule has 2 saturated heterocycles. The Kier molecular flexibility index (Phi) is 6.99. The molecule has 0 radical (unpaired) electrons. The first kappa shape index (κ1) is 22.6. The lowest BCUT2D eigenvalue weighted by Crippen LogP contribution is -2.46. The minimum atomic E-state index is -0.448. The fourth-order valence-electron chi connectivity index (χ4n) is 4.62. The van der Waals surface area contributed by atoms with Crippen molar-refractivity contribution in [1.29, 1.82) is 0 Å². The fourth-order valence-corrected chi connectivity index (χ4v) is 4.80. The third-order valence-corrected chi connectivity index (χ3v) is 6.75. The number of para-hydroxylation sites is 1. The molecule has 1 unspecified atom stereocenters. The fraction of sp³-hybridized carbons (Fsp3) is 0.440. The van der Waals surface area contributed by atoms with Crippen LogP contribution in [0.1, 0.15) is 44.1 Å². The Hall–Kier alpha value is -2.60. The SMILES string of the molecule is O=C1CCC(CCC(=O)N2CCC(Oc3ccccc3Cl)CC2)(Cc2ccc(F)cc2)N1. The highest BCUT2D eigenvalue weighted by molar-refractivity contribution is 6.32. The highest BCUT2D eigenvalue weighted by atomic mass is 35.5. The van der Waals surface area contributed by atoms with E-state index in [1.165, 1.54) is 12.1 Å². The van der Waals surface area contributed by atoms with E-state index < -0.39 is 5.54 Å². The summed E-state index contributed by atoms with van der Waals surface area (Å²) in [5.74, 6) is 0.506. The van der Waals surface area contributed by atoms with E-state index >= 15 is 0 Å². The first-order valence-electron chi connectivity index (χ1n) is 11.2. The van der Waals surface area contributed by atoms with E-state index in [0.29, 0.717) is 56.0 Å². The van der Waals surface area contributed by atoms with E-state index in [1.807, 2.05) is 23.1 Å². The molecule has 2 fully saturated rings. The van der Waals surface area contributed by atoms with E-state index in [2.05, 4.69) is 5.32 Å². The van der Waals surface area contributed by atoms with Gasteiger partial charge in [-0.2, -0.15) is 0 Å². The van der Waals surface area contributed by atoms with Gasteiger partial charge in [0.15, 0.2) is 0 Å². The summed E-state index contributed by atoms with van der Waals surface area (Å²) < 4.78 is 19.3. The zero-order chi connectivity index (χ0) is 22.6. The summed E-state index contributed by atoms with van der Waals surface area (Å²) in [4.78, 5) is 26.7. The number of likely N-dealkylation sites (tertiary alicyclic amines) is 1. The zero-order valence-corrected chi connectivity index (χ0v) is 18.7. The molecule has 2 aromatic rings. The Labute approximate surface area is 192 Å². The van der Waals surface area contributed by atoms with Gasteiger partial charge in [-0.3, -0.25) is 9.59 Å². The van der Waals surface area contributed by atoms with E-state index in [1.54, 1.807) is 18.2 Å². The third-order valence-electron chi connectivity index (χ3n) is 6.43. The predicted octanol–water partition coefficient (Wildman–Crippen LogP) is 4.52. The van der Waals surface area contributed by atoms with Crippen LogP contribution in [-0.4, -0.2) is 41.4 Å². The van der Waals surface area contributed by atoms with E-state index in [-0.39, 0.29) is 23.7 Å². The molecule has 2 amide bonds. The minimum absolute atomic E-state index is 0.0112. The van der Waals surface area contributed by atoms with Crippen LogP contribution in [0.5, 0.6) is 5.75 Å². The lowest BCUT2D eigenvalue weighted by Gasteiger charge is -2.34. The smallest absolute Gasteiger partial charge is 0.222 e. The Bertz CT molecular complexity index is 960. The van der Waals surface area contributed by atoms with Crippen molar-refractivity contribution in [3.63, 3.8) is 0 Å². The molecule has 32 heavy (non-hydrogen) atoms. The molecule has 0 bridgehead atoms. The van der Waals surface area contributed by atoms with Gasteiger partial charge in [0.25, 0.3) is 0 Å². The van der Waals surface area contributed by atoms with Crippen molar-refractivity contribution in [2.24, 2.45) is 0 Å². The molecule has 0 spiro atoms. The second kappa shape index (κ2) is 9.90. The number of halogens is 2. The van der Waals surface area contributed by atoms with Crippen molar-refractivity contribution >= 4 is 23.4 Å². The first-order valence-corrected chi connectivity index (χ1v) is 11.5. The van der Waals surface area contributed by atoms with Crippen molar-refractivity contribution < 1.29 is 18.7 Å². The van der Waals surface area contributed by atoms with Crippen LogP contribution in [0.4, 0.5) is 4.39 Å². The van der Waals surface area contributed by atoms with Gasteiger partial charge in [0, 0.05) is 44.3 Å². The Morgan fingerprint density at radius 1 is 1.16 bits per heavy atom. The Balaban J connectivity index is 1.29. The quantitative estimate of drug-likeness (QED) is 0.663. The van der Waals surface area contributed by atoms with Gasteiger partial charge in [-0.15, -0.1) is 0 Å². The third kappa shape index (κ3) is 5.60. The molecule has 2 heterocycles. The van der Waals surface area contributed by atoms with E-state index in [4.69, 9.17) is 16.3 Å². The van der Waals surface area contributed by atoms with Crippen molar-refractivity contribution in [1.82, 2.24) is 10.2 Å². The molecule has 1 N–H and O–H groups in total. The van der Waals surface area contributed by atoms with Crippen LogP contribution in [0.2, 0.25) is 5.02 Å². The molecule has 170 valence electrons. The molecule has 2 aliphatic heterocycles. The number of ether oxygens (including phenoxy) is 1. The topological polar surface area (TPSA) is 58.6 Å². The summed E-state index contributed by atoms with van der Waals surface area (Å²) in [7, 11) is 0. The molecule has 2 aliphatic rings. The van der Waals surface area contributed by atoms with E-state index in [9.17, 15) is 14.0 Å². The minimum Gasteiger partial charge on any atom is -0.489 e. The zero-order valence-electron chi connectivity index (χ0n) is 18.0. The van der Waals surface area contributed by atoms with Crippen LogP contribution in [0.25, 0.3) is 0 Å². The normalized spacial score (nSPS) is 21.4. The van der Waals surface area contributed by atoms with Crippen molar-refractivity contribution in [2.45, 2.75) is 56.6 Å². The van der Waals surface area contributed by atoms with Crippen molar-refractivity contribution in [3.8, 4) is 5.75 Å². The number of nitrogens with one attached hydrogen (secondary N) is 1. The van der Waals surface area contributed by atoms with Crippen LogP contribution in [0.15, 0.2) is 48.5 Å². The summed E-state index contributed by atoms with van der Waals surface area (Å²) in [6, 6.07) is 13.8. The van der Waals surface area contributed by atoms with Gasteiger partial charge in [-0.25, -0.2) is 4.39 Å². The highest BCUT2D eigenvalue weighted by Crippen LogP contribution is 2.31. The number of carbonyl (C=O) groups is 2. The lowest BCUT2D eigenvalue weighted by molar-refractivity contribution is -0.133. The predicted molar refractivity (Wildman–Crippen MR) is 121 cm³/mol. The molecular formula is C25H28ClFN2O3. The molecule has 5 nitrogen and oxygen atoms in total. The summed E-state index contributed by atoms with van der Waals surface area (Å²) >= 11 is 6.18. The summed E-state index contributed by atoms with van der Waals surface area (Å²) in [6.45, 7) is 1.29. The van der Waals surface area contributed by atoms with Gasteiger partial charge in [0.05, 0.1) is 5.02 Å². The van der Waals surface area contributed by atoms with Gasteiger partial charge in [0.1, 0.15) is 17.7 Å². The number of hydrogen-bond donors (Lipinski definition) is 1. The maximum absolute atomic E-state index is 13.3. The summed E-state index contributed by atoms with van der Waals surface area (Å²) in [6.07, 6.45) is 4.24. The van der Waals surface area contributed by atoms with Crippen LogP contribution < -0.4 is 10.1 Å². The molecule has 0 saturated carbocycles. The Morgan fingerprint density at radius 2 is 1.88 bits per heavy atom. The van der Waals surface area contributed by atoms with Crippen LogP contribution in [-0.2, 0) is 16.0 Å². The van der Waals surface area contributed by atoms with E-state index in [0.717, 1.165) is 18.4 Å². The standard InChI is InChI=1S/C25H28ClFN2O3/c26-21-3-1-2-4-22(21)32-20-11-15-29(16-12-20)24(31)10-14-25(13-9-23(30)28-25)17-18-5-7-19(27)8-6-18/h1-8,20H,9-17H2,(H,28,30). The molecule has 0 aromatic heterocycles. The monoisotopic (exact) mass is 458 g/mol. The lowest BCUT2D eigenvalue weighted by atomic mass is 9.84.